The van der Waals surface area contributed by atoms with Crippen molar-refractivity contribution in [3.8, 4) is 0 Å². The number of halogens is 3. The quantitative estimate of drug-likeness (QED) is 0.867. The first kappa shape index (κ1) is 11.5. The van der Waals surface area contributed by atoms with Crippen molar-refractivity contribution in [1.82, 2.24) is 4.98 Å². The second kappa shape index (κ2) is 4.93. The molecule has 82 valence electrons. The van der Waals surface area contributed by atoms with Crippen LogP contribution in [0.25, 0.3) is 0 Å². The van der Waals surface area contributed by atoms with E-state index in [4.69, 9.17) is 0 Å². The van der Waals surface area contributed by atoms with E-state index >= 15 is 0 Å². The van der Waals surface area contributed by atoms with Crippen LogP contribution in [0.3, 0.4) is 0 Å². The van der Waals surface area contributed by atoms with Crippen LogP contribution in [0.1, 0.15) is 0 Å². The highest BCUT2D eigenvalue weighted by molar-refractivity contribution is 9.10. The summed E-state index contributed by atoms with van der Waals surface area (Å²) in [5.41, 5.74) is 0.391. The standard InChI is InChI=1S/C11H7Br2FN2/c12-7-3-4-10(9(14)6-7)16-11-8(13)2-1-5-15-11/h1-6H,(H,15,16). The van der Waals surface area contributed by atoms with Crippen LogP contribution >= 0.6 is 31.9 Å². The van der Waals surface area contributed by atoms with E-state index in [2.05, 4.69) is 42.2 Å². The normalized spacial score (nSPS) is 10.2. The Kier molecular flexibility index (Phi) is 3.56. The summed E-state index contributed by atoms with van der Waals surface area (Å²) in [6.45, 7) is 0. The zero-order valence-electron chi connectivity index (χ0n) is 8.05. The molecule has 0 atom stereocenters. The summed E-state index contributed by atoms with van der Waals surface area (Å²) in [5.74, 6) is 0.260. The topological polar surface area (TPSA) is 24.9 Å². The van der Waals surface area contributed by atoms with E-state index in [-0.39, 0.29) is 5.82 Å². The van der Waals surface area contributed by atoms with Crippen molar-refractivity contribution in [1.29, 1.82) is 0 Å². The van der Waals surface area contributed by atoms with Crippen molar-refractivity contribution in [2.45, 2.75) is 0 Å². The van der Waals surface area contributed by atoms with Crippen LogP contribution in [0, 0.1) is 5.82 Å². The van der Waals surface area contributed by atoms with Gasteiger partial charge in [-0.25, -0.2) is 9.37 Å². The summed E-state index contributed by atoms with van der Waals surface area (Å²) in [4.78, 5) is 4.10. The van der Waals surface area contributed by atoms with E-state index in [0.717, 1.165) is 4.47 Å². The minimum atomic E-state index is -0.327. The van der Waals surface area contributed by atoms with Crippen LogP contribution in [0.15, 0.2) is 45.5 Å². The lowest BCUT2D eigenvalue weighted by molar-refractivity contribution is 0.631. The lowest BCUT2D eigenvalue weighted by atomic mass is 10.3. The van der Waals surface area contributed by atoms with Gasteiger partial charge in [-0.3, -0.25) is 0 Å². The maximum atomic E-state index is 13.5. The molecule has 0 saturated heterocycles. The molecule has 1 aromatic heterocycles. The fraction of sp³-hybridized carbons (Fsp3) is 0. The number of pyridine rings is 1. The Balaban J connectivity index is 2.31. The van der Waals surface area contributed by atoms with E-state index in [1.807, 2.05) is 6.07 Å². The van der Waals surface area contributed by atoms with Crippen molar-refractivity contribution < 1.29 is 4.39 Å². The van der Waals surface area contributed by atoms with Gasteiger partial charge >= 0.3 is 0 Å². The average Bonchev–Trinajstić information content (AvgIpc) is 2.25. The number of nitrogens with zero attached hydrogens (tertiary/aromatic N) is 1. The number of hydrogen-bond acceptors (Lipinski definition) is 2. The fourth-order valence-corrected chi connectivity index (χ4v) is 1.88. The summed E-state index contributed by atoms with van der Waals surface area (Å²) in [5, 5.41) is 2.91. The molecule has 1 N–H and O–H groups in total. The number of aromatic nitrogens is 1. The smallest absolute Gasteiger partial charge is 0.147 e. The molecule has 0 saturated carbocycles. The average molecular weight is 346 g/mol. The fourth-order valence-electron chi connectivity index (χ4n) is 1.20. The Morgan fingerprint density at radius 1 is 1.19 bits per heavy atom. The number of nitrogens with one attached hydrogen (secondary N) is 1. The maximum absolute atomic E-state index is 13.5. The zero-order valence-corrected chi connectivity index (χ0v) is 11.2. The predicted octanol–water partition coefficient (Wildman–Crippen LogP) is 4.49. The lowest BCUT2D eigenvalue weighted by Gasteiger charge is -2.08. The van der Waals surface area contributed by atoms with Gasteiger partial charge in [0.2, 0.25) is 0 Å². The minimum Gasteiger partial charge on any atom is -0.337 e. The highest BCUT2D eigenvalue weighted by Gasteiger charge is 2.05. The van der Waals surface area contributed by atoms with Gasteiger partial charge in [0.05, 0.1) is 10.2 Å². The van der Waals surface area contributed by atoms with Gasteiger partial charge in [-0.05, 0) is 46.3 Å². The van der Waals surface area contributed by atoms with E-state index in [1.165, 1.54) is 6.07 Å². The van der Waals surface area contributed by atoms with E-state index in [9.17, 15) is 4.39 Å². The predicted molar refractivity (Wildman–Crippen MR) is 69.3 cm³/mol. The molecule has 0 bridgehead atoms. The Morgan fingerprint density at radius 2 is 2.00 bits per heavy atom. The van der Waals surface area contributed by atoms with E-state index < -0.39 is 0 Å². The zero-order chi connectivity index (χ0) is 11.5. The largest absolute Gasteiger partial charge is 0.337 e. The molecule has 0 radical (unpaired) electrons. The van der Waals surface area contributed by atoms with Crippen LogP contribution in [0.2, 0.25) is 0 Å². The summed E-state index contributed by atoms with van der Waals surface area (Å²) in [7, 11) is 0. The first-order valence-electron chi connectivity index (χ1n) is 4.49. The molecule has 1 aromatic carbocycles. The molecular formula is C11H7Br2FN2. The third-order valence-electron chi connectivity index (χ3n) is 1.94. The Labute approximate surface area is 109 Å². The van der Waals surface area contributed by atoms with Gasteiger partial charge in [-0.15, -0.1) is 0 Å². The molecule has 16 heavy (non-hydrogen) atoms. The maximum Gasteiger partial charge on any atom is 0.147 e. The van der Waals surface area contributed by atoms with Crippen LogP contribution in [0.5, 0.6) is 0 Å². The van der Waals surface area contributed by atoms with Crippen molar-refractivity contribution in [3.05, 3.63) is 51.3 Å². The summed E-state index contributed by atoms with van der Waals surface area (Å²) in [6, 6.07) is 8.46. The number of benzene rings is 1. The van der Waals surface area contributed by atoms with Crippen molar-refractivity contribution >= 4 is 43.4 Å². The van der Waals surface area contributed by atoms with Gasteiger partial charge in [0.25, 0.3) is 0 Å². The number of hydrogen-bond donors (Lipinski definition) is 1. The SMILES string of the molecule is Fc1cc(Br)ccc1Nc1ncccc1Br. The third-order valence-corrected chi connectivity index (χ3v) is 3.08. The molecule has 0 aliphatic carbocycles. The molecule has 0 unspecified atom stereocenters. The van der Waals surface area contributed by atoms with Gasteiger partial charge in [0, 0.05) is 10.7 Å². The second-order valence-corrected chi connectivity index (χ2v) is 4.85. The third kappa shape index (κ3) is 2.59. The molecule has 0 amide bonds. The molecule has 5 heteroatoms. The van der Waals surface area contributed by atoms with Crippen LogP contribution < -0.4 is 5.32 Å². The molecule has 0 aliphatic rings. The summed E-state index contributed by atoms with van der Waals surface area (Å²) >= 11 is 6.54. The van der Waals surface area contributed by atoms with Gasteiger partial charge < -0.3 is 5.32 Å². The van der Waals surface area contributed by atoms with E-state index in [1.54, 1.807) is 24.4 Å². The summed E-state index contributed by atoms with van der Waals surface area (Å²) < 4.78 is 15.0. The van der Waals surface area contributed by atoms with Gasteiger partial charge in [-0.1, -0.05) is 15.9 Å². The molecule has 0 spiro atoms. The molecule has 2 aromatic rings. The minimum absolute atomic E-state index is 0.327. The molecule has 2 rings (SSSR count). The van der Waals surface area contributed by atoms with Gasteiger partial charge in [0.15, 0.2) is 0 Å². The monoisotopic (exact) mass is 344 g/mol. The van der Waals surface area contributed by atoms with Crippen molar-refractivity contribution in [2.24, 2.45) is 0 Å². The van der Waals surface area contributed by atoms with Gasteiger partial charge in [-0.2, -0.15) is 0 Å². The molecular weight excluding hydrogens is 339 g/mol. The Bertz CT molecular complexity index is 517. The summed E-state index contributed by atoms with van der Waals surface area (Å²) in [6.07, 6.45) is 1.64. The molecule has 0 fully saturated rings. The first-order valence-corrected chi connectivity index (χ1v) is 6.08. The Morgan fingerprint density at radius 3 is 2.69 bits per heavy atom. The van der Waals surface area contributed by atoms with Crippen LogP contribution in [0.4, 0.5) is 15.9 Å². The van der Waals surface area contributed by atoms with Crippen molar-refractivity contribution in [2.75, 3.05) is 5.32 Å². The van der Waals surface area contributed by atoms with Crippen LogP contribution in [-0.2, 0) is 0 Å². The van der Waals surface area contributed by atoms with Crippen molar-refractivity contribution in [3.63, 3.8) is 0 Å². The molecule has 0 aliphatic heterocycles. The van der Waals surface area contributed by atoms with Crippen LogP contribution in [-0.4, -0.2) is 4.98 Å². The first-order chi connectivity index (χ1) is 7.66. The molecule has 2 nitrogen and oxygen atoms in total. The Hall–Kier alpha value is -0.940. The second-order valence-electron chi connectivity index (χ2n) is 3.08. The van der Waals surface area contributed by atoms with Gasteiger partial charge in [0.1, 0.15) is 11.6 Å². The lowest BCUT2D eigenvalue weighted by Crippen LogP contribution is -1.96. The van der Waals surface area contributed by atoms with E-state index in [0.29, 0.717) is 16.0 Å². The number of anilines is 2. The highest BCUT2D eigenvalue weighted by atomic mass is 79.9. The number of rotatable bonds is 2. The molecule has 1 heterocycles. The highest BCUT2D eigenvalue weighted by Crippen LogP contribution is 2.26.